The van der Waals surface area contributed by atoms with Crippen molar-refractivity contribution in [1.29, 1.82) is 0 Å². The standard InChI is InChI=1S/C15H17N3O/c1-11-4-9-14(16-10-11)17-15(19)12-5-7-13(8-6-12)18(2)3/h4-10H,1-3H3,(H,16,17,19). The van der Waals surface area contributed by atoms with Crippen molar-refractivity contribution in [3.63, 3.8) is 0 Å². The topological polar surface area (TPSA) is 45.2 Å². The summed E-state index contributed by atoms with van der Waals surface area (Å²) in [6.45, 7) is 1.96. The van der Waals surface area contributed by atoms with Gasteiger partial charge in [-0.05, 0) is 42.8 Å². The van der Waals surface area contributed by atoms with Crippen LogP contribution in [0.4, 0.5) is 11.5 Å². The van der Waals surface area contributed by atoms with Gasteiger partial charge in [-0.2, -0.15) is 0 Å². The quantitative estimate of drug-likeness (QED) is 0.917. The van der Waals surface area contributed by atoms with Crippen LogP contribution in [0.5, 0.6) is 0 Å². The number of hydrogen-bond donors (Lipinski definition) is 1. The summed E-state index contributed by atoms with van der Waals surface area (Å²) in [7, 11) is 3.93. The number of carbonyl (C=O) groups is 1. The van der Waals surface area contributed by atoms with E-state index < -0.39 is 0 Å². The van der Waals surface area contributed by atoms with Crippen LogP contribution < -0.4 is 10.2 Å². The molecule has 2 rings (SSSR count). The summed E-state index contributed by atoms with van der Waals surface area (Å²) in [6, 6.07) is 11.1. The van der Waals surface area contributed by atoms with E-state index in [2.05, 4.69) is 10.3 Å². The Bertz CT molecular complexity index is 559. The Morgan fingerprint density at radius 1 is 1.11 bits per heavy atom. The Hall–Kier alpha value is -2.36. The minimum absolute atomic E-state index is 0.151. The third kappa shape index (κ3) is 3.31. The Balaban J connectivity index is 2.09. The van der Waals surface area contributed by atoms with Crippen molar-refractivity contribution >= 4 is 17.4 Å². The number of anilines is 2. The highest BCUT2D eigenvalue weighted by molar-refractivity contribution is 6.03. The minimum atomic E-state index is -0.151. The number of rotatable bonds is 3. The van der Waals surface area contributed by atoms with E-state index in [1.807, 2.05) is 44.1 Å². The summed E-state index contributed by atoms with van der Waals surface area (Å²) in [5.74, 6) is 0.411. The van der Waals surface area contributed by atoms with Gasteiger partial charge in [0.1, 0.15) is 5.82 Å². The second kappa shape index (κ2) is 5.52. The van der Waals surface area contributed by atoms with E-state index in [1.54, 1.807) is 24.4 Å². The van der Waals surface area contributed by atoms with Crippen LogP contribution in [0.2, 0.25) is 0 Å². The van der Waals surface area contributed by atoms with E-state index >= 15 is 0 Å². The molecule has 0 radical (unpaired) electrons. The van der Waals surface area contributed by atoms with E-state index in [9.17, 15) is 4.79 Å². The Labute approximate surface area is 113 Å². The SMILES string of the molecule is Cc1ccc(NC(=O)c2ccc(N(C)C)cc2)nc1. The molecule has 0 fully saturated rings. The van der Waals surface area contributed by atoms with E-state index in [1.165, 1.54) is 0 Å². The third-order valence-electron chi connectivity index (χ3n) is 2.80. The Morgan fingerprint density at radius 3 is 2.32 bits per heavy atom. The summed E-state index contributed by atoms with van der Waals surface area (Å²) in [4.78, 5) is 18.2. The van der Waals surface area contributed by atoms with Gasteiger partial charge >= 0.3 is 0 Å². The summed E-state index contributed by atoms with van der Waals surface area (Å²) in [6.07, 6.45) is 1.73. The molecule has 0 atom stereocenters. The lowest BCUT2D eigenvalue weighted by Crippen LogP contribution is -2.13. The third-order valence-corrected chi connectivity index (χ3v) is 2.80. The van der Waals surface area contributed by atoms with Gasteiger partial charge in [-0.25, -0.2) is 4.98 Å². The summed E-state index contributed by atoms with van der Waals surface area (Å²) >= 11 is 0. The predicted molar refractivity (Wildman–Crippen MR) is 77.7 cm³/mol. The fourth-order valence-electron chi connectivity index (χ4n) is 1.64. The number of aromatic nitrogens is 1. The number of carbonyl (C=O) groups excluding carboxylic acids is 1. The number of hydrogen-bond acceptors (Lipinski definition) is 3. The molecule has 1 amide bonds. The zero-order valence-electron chi connectivity index (χ0n) is 11.3. The lowest BCUT2D eigenvalue weighted by atomic mass is 10.2. The molecule has 4 nitrogen and oxygen atoms in total. The van der Waals surface area contributed by atoms with Crippen LogP contribution in [0.25, 0.3) is 0 Å². The molecule has 0 aliphatic carbocycles. The van der Waals surface area contributed by atoms with Crippen LogP contribution in [0.15, 0.2) is 42.6 Å². The lowest BCUT2D eigenvalue weighted by molar-refractivity contribution is 0.102. The maximum atomic E-state index is 12.0. The zero-order chi connectivity index (χ0) is 13.8. The molecule has 1 aromatic heterocycles. The van der Waals surface area contributed by atoms with Crippen LogP contribution in [-0.4, -0.2) is 25.0 Å². The largest absolute Gasteiger partial charge is 0.378 e. The average Bonchev–Trinajstić information content (AvgIpc) is 2.41. The van der Waals surface area contributed by atoms with Gasteiger partial charge in [0.05, 0.1) is 0 Å². The predicted octanol–water partition coefficient (Wildman–Crippen LogP) is 2.71. The molecule has 98 valence electrons. The first-order valence-corrected chi connectivity index (χ1v) is 6.07. The van der Waals surface area contributed by atoms with Crippen molar-refractivity contribution in [2.75, 3.05) is 24.3 Å². The first-order valence-electron chi connectivity index (χ1n) is 6.07. The lowest BCUT2D eigenvalue weighted by Gasteiger charge is -2.12. The van der Waals surface area contributed by atoms with E-state index in [0.29, 0.717) is 11.4 Å². The monoisotopic (exact) mass is 255 g/mol. The average molecular weight is 255 g/mol. The smallest absolute Gasteiger partial charge is 0.256 e. The molecule has 0 aliphatic heterocycles. The molecular weight excluding hydrogens is 238 g/mol. The highest BCUT2D eigenvalue weighted by Gasteiger charge is 2.06. The van der Waals surface area contributed by atoms with E-state index in [-0.39, 0.29) is 5.91 Å². The first-order chi connectivity index (χ1) is 9.06. The highest BCUT2D eigenvalue weighted by Crippen LogP contribution is 2.13. The number of amides is 1. The molecule has 0 saturated heterocycles. The molecular formula is C15H17N3O. The minimum Gasteiger partial charge on any atom is -0.378 e. The molecule has 19 heavy (non-hydrogen) atoms. The van der Waals surface area contributed by atoms with Crippen LogP contribution in [0.1, 0.15) is 15.9 Å². The number of pyridine rings is 1. The summed E-state index contributed by atoms with van der Waals surface area (Å²) < 4.78 is 0. The molecule has 1 aromatic carbocycles. The fourth-order valence-corrected chi connectivity index (χ4v) is 1.64. The van der Waals surface area contributed by atoms with Gasteiger partial charge in [0.15, 0.2) is 0 Å². The van der Waals surface area contributed by atoms with E-state index in [0.717, 1.165) is 11.3 Å². The first kappa shape index (κ1) is 13.1. The van der Waals surface area contributed by atoms with Gasteiger partial charge in [0.25, 0.3) is 5.91 Å². The molecule has 2 aromatic rings. The molecule has 0 unspecified atom stereocenters. The summed E-state index contributed by atoms with van der Waals surface area (Å²) in [5.41, 5.74) is 2.74. The Kier molecular flexibility index (Phi) is 3.80. The summed E-state index contributed by atoms with van der Waals surface area (Å²) in [5, 5.41) is 2.77. The zero-order valence-corrected chi connectivity index (χ0v) is 11.3. The maximum Gasteiger partial charge on any atom is 0.256 e. The molecule has 1 heterocycles. The molecule has 0 saturated carbocycles. The van der Waals surface area contributed by atoms with Crippen molar-refractivity contribution in [2.24, 2.45) is 0 Å². The molecule has 1 N–H and O–H groups in total. The number of aryl methyl sites for hydroxylation is 1. The number of nitrogens with one attached hydrogen (secondary N) is 1. The molecule has 0 bridgehead atoms. The van der Waals surface area contributed by atoms with Crippen LogP contribution >= 0.6 is 0 Å². The van der Waals surface area contributed by atoms with Crippen LogP contribution in [0, 0.1) is 6.92 Å². The molecule has 0 spiro atoms. The van der Waals surface area contributed by atoms with Crippen molar-refractivity contribution in [2.45, 2.75) is 6.92 Å². The second-order valence-corrected chi connectivity index (χ2v) is 4.62. The van der Waals surface area contributed by atoms with Gasteiger partial charge in [0.2, 0.25) is 0 Å². The van der Waals surface area contributed by atoms with Crippen molar-refractivity contribution < 1.29 is 4.79 Å². The van der Waals surface area contributed by atoms with Gasteiger partial charge in [-0.1, -0.05) is 6.07 Å². The van der Waals surface area contributed by atoms with Gasteiger partial charge in [-0.15, -0.1) is 0 Å². The van der Waals surface area contributed by atoms with Crippen LogP contribution in [0.3, 0.4) is 0 Å². The second-order valence-electron chi connectivity index (χ2n) is 4.62. The number of nitrogens with zero attached hydrogens (tertiary/aromatic N) is 2. The van der Waals surface area contributed by atoms with Gasteiger partial charge in [-0.3, -0.25) is 4.79 Å². The van der Waals surface area contributed by atoms with Crippen molar-refractivity contribution in [1.82, 2.24) is 4.98 Å². The molecule has 4 heteroatoms. The normalized spacial score (nSPS) is 10.1. The number of benzene rings is 1. The van der Waals surface area contributed by atoms with Crippen LogP contribution in [-0.2, 0) is 0 Å². The van der Waals surface area contributed by atoms with Crippen molar-refractivity contribution in [3.05, 3.63) is 53.7 Å². The molecule has 0 aliphatic rings. The Morgan fingerprint density at radius 2 is 1.79 bits per heavy atom. The van der Waals surface area contributed by atoms with Gasteiger partial charge < -0.3 is 10.2 Å². The maximum absolute atomic E-state index is 12.0. The van der Waals surface area contributed by atoms with Gasteiger partial charge in [0, 0.05) is 31.5 Å². The highest BCUT2D eigenvalue weighted by atomic mass is 16.1. The van der Waals surface area contributed by atoms with Crippen molar-refractivity contribution in [3.8, 4) is 0 Å². The fraction of sp³-hybridized carbons (Fsp3) is 0.200. The van der Waals surface area contributed by atoms with E-state index in [4.69, 9.17) is 0 Å².